The maximum absolute atomic E-state index is 14.3. The molecule has 10 rings (SSSR count). The molecule has 5 heterocycles. The van der Waals surface area contributed by atoms with Crippen LogP contribution >= 0.6 is 0 Å². The van der Waals surface area contributed by atoms with Gasteiger partial charge in [-0.05, 0) is 108 Å². The van der Waals surface area contributed by atoms with Gasteiger partial charge < -0.3 is 40.3 Å². The molecule has 0 bridgehead atoms. The third kappa shape index (κ3) is 6.69. The van der Waals surface area contributed by atoms with Gasteiger partial charge in [0.15, 0.2) is 5.60 Å². The minimum atomic E-state index is -1.34. The van der Waals surface area contributed by atoms with Gasteiger partial charge in [0.05, 0.1) is 6.61 Å². The van der Waals surface area contributed by atoms with Crippen molar-refractivity contribution in [2.24, 2.45) is 17.4 Å². The molecule has 0 unspecified atom stereocenters. The number of fused-ring (bicyclic) bond motifs is 3. The lowest BCUT2D eigenvalue weighted by Gasteiger charge is -2.38. The van der Waals surface area contributed by atoms with E-state index in [9.17, 15) is 14.4 Å². The van der Waals surface area contributed by atoms with Gasteiger partial charge in [0.2, 0.25) is 0 Å². The molecule has 1 aromatic heterocycles. The summed E-state index contributed by atoms with van der Waals surface area (Å²) in [6.07, 6.45) is 7.04. The second-order valence-corrected chi connectivity index (χ2v) is 17.6. The van der Waals surface area contributed by atoms with E-state index in [1.165, 1.54) is 11.1 Å². The fraction of sp³-hybridized carbons (Fsp3) is 0.396. The largest absolute Gasteiger partial charge is 0.565 e. The van der Waals surface area contributed by atoms with Gasteiger partial charge in [0, 0.05) is 67.2 Å². The van der Waals surface area contributed by atoms with Gasteiger partial charge >= 0.3 is 13.1 Å². The van der Waals surface area contributed by atoms with Crippen LogP contribution in [0.3, 0.4) is 0 Å². The van der Waals surface area contributed by atoms with Crippen LogP contribution in [-0.4, -0.2) is 72.5 Å². The fourth-order valence-corrected chi connectivity index (χ4v) is 10.7. The van der Waals surface area contributed by atoms with E-state index in [0.29, 0.717) is 74.1 Å². The summed E-state index contributed by atoms with van der Waals surface area (Å²) in [5.41, 5.74) is 18.3. The third-order valence-corrected chi connectivity index (χ3v) is 14.2. The molecule has 4 fully saturated rings. The first kappa shape index (κ1) is 38.8. The average molecular weight is 806 g/mol. The van der Waals surface area contributed by atoms with Crippen molar-refractivity contribution in [3.63, 3.8) is 0 Å². The van der Waals surface area contributed by atoms with E-state index in [0.717, 1.165) is 79.1 Å². The SMILES string of the molecule is NCc1cccc(C2CCN(C(=O)c3cccc([C@@]4(C5CCCC5)OB(c5ccc6[nH]c(C(=O)N7CCC8(CC7)COc7ccc(CN)cc78)cc6c5)OC4=O)c3)CC2)c1. The van der Waals surface area contributed by atoms with Crippen molar-refractivity contribution in [2.45, 2.75) is 81.4 Å². The van der Waals surface area contributed by atoms with Crippen molar-refractivity contribution in [1.82, 2.24) is 14.8 Å². The van der Waals surface area contributed by atoms with Gasteiger partial charge in [-0.1, -0.05) is 73.5 Å². The lowest BCUT2D eigenvalue weighted by molar-refractivity contribution is -0.148. The van der Waals surface area contributed by atoms with E-state index in [2.05, 4.69) is 35.3 Å². The number of hydrogen-bond acceptors (Lipinski definition) is 8. The Bertz CT molecular complexity index is 2460. The standard InChI is InChI=1S/C48H52BN5O6/c50-28-31-5-3-6-34(23-31)33-15-19-53(20-16-33)44(55)35-7-4-10-38(25-35)48(37-8-1-2-9-37)46(57)59-49(60-48)39-12-13-41-36(26-39)27-42(52-41)45(56)54-21-17-47(18-22-54)30-58-43-14-11-32(29-51)24-40(43)47/h3-7,10-14,23-27,33,37,52H,1-2,8-9,15-22,28-30,50-51H2/t48-/m1/s1. The van der Waals surface area contributed by atoms with Crippen LogP contribution in [-0.2, 0) is 38.2 Å². The number of aromatic amines is 1. The molecule has 4 aromatic carbocycles. The molecule has 4 aliphatic heterocycles. The van der Waals surface area contributed by atoms with Crippen molar-refractivity contribution in [3.8, 4) is 5.75 Å². The van der Waals surface area contributed by atoms with Crippen molar-refractivity contribution >= 4 is 41.3 Å². The molecular formula is C48H52BN5O6. The van der Waals surface area contributed by atoms with E-state index < -0.39 is 18.7 Å². The summed E-state index contributed by atoms with van der Waals surface area (Å²) in [6.45, 7) is 4.18. The van der Waals surface area contributed by atoms with Gasteiger partial charge in [0.1, 0.15) is 11.4 Å². The number of carbonyl (C=O) groups is 3. The molecule has 60 heavy (non-hydrogen) atoms. The van der Waals surface area contributed by atoms with E-state index in [-0.39, 0.29) is 23.1 Å². The molecule has 308 valence electrons. The van der Waals surface area contributed by atoms with Crippen LogP contribution in [0.15, 0.2) is 91.0 Å². The van der Waals surface area contributed by atoms with Crippen LogP contribution in [0.25, 0.3) is 10.9 Å². The maximum atomic E-state index is 14.3. The summed E-state index contributed by atoms with van der Waals surface area (Å²) in [7, 11) is -0.942. The highest BCUT2D eigenvalue weighted by atomic mass is 16.7. The number of likely N-dealkylation sites (tertiary alicyclic amines) is 2. The summed E-state index contributed by atoms with van der Waals surface area (Å²) in [6, 6.07) is 29.7. The lowest BCUT2D eigenvalue weighted by atomic mass is 9.74. The Labute approximate surface area is 350 Å². The number of piperidine rings is 2. The monoisotopic (exact) mass is 805 g/mol. The predicted molar refractivity (Wildman–Crippen MR) is 230 cm³/mol. The Morgan fingerprint density at radius 2 is 1.53 bits per heavy atom. The smallest absolute Gasteiger partial charge is 0.503 e. The molecule has 5 aromatic rings. The molecule has 3 saturated heterocycles. The Hall–Kier alpha value is -5.43. The molecule has 5 N–H and O–H groups in total. The summed E-state index contributed by atoms with van der Waals surface area (Å²) in [5.74, 6) is 0.712. The minimum Gasteiger partial charge on any atom is -0.503 e. The predicted octanol–water partition coefficient (Wildman–Crippen LogP) is 6.03. The number of amides is 2. The normalized spacial score (nSPS) is 21.8. The Balaban J connectivity index is 0.847. The van der Waals surface area contributed by atoms with Crippen molar-refractivity contribution in [3.05, 3.63) is 130 Å². The van der Waals surface area contributed by atoms with Crippen LogP contribution in [0.4, 0.5) is 0 Å². The van der Waals surface area contributed by atoms with E-state index in [1.807, 2.05) is 70.5 Å². The number of nitrogens with one attached hydrogen (secondary N) is 1. The second-order valence-electron chi connectivity index (χ2n) is 17.6. The molecule has 1 atom stereocenters. The van der Waals surface area contributed by atoms with Gasteiger partial charge in [0.25, 0.3) is 11.8 Å². The van der Waals surface area contributed by atoms with E-state index in [4.69, 9.17) is 25.5 Å². The van der Waals surface area contributed by atoms with Gasteiger partial charge in [-0.25, -0.2) is 0 Å². The quantitative estimate of drug-likeness (QED) is 0.161. The lowest BCUT2D eigenvalue weighted by Crippen LogP contribution is -2.46. The summed E-state index contributed by atoms with van der Waals surface area (Å²) in [5, 5.41) is 0.832. The number of hydrogen-bond donors (Lipinski definition) is 3. The molecule has 2 amide bonds. The van der Waals surface area contributed by atoms with Gasteiger partial charge in [-0.15, -0.1) is 0 Å². The first-order valence-corrected chi connectivity index (χ1v) is 21.7. The average Bonchev–Trinajstić information content (AvgIpc) is 4.12. The highest BCUT2D eigenvalue weighted by Gasteiger charge is 2.59. The highest BCUT2D eigenvalue weighted by molar-refractivity contribution is 6.64. The number of benzene rings is 4. The fourth-order valence-electron chi connectivity index (χ4n) is 10.7. The maximum Gasteiger partial charge on any atom is 0.565 e. The highest BCUT2D eigenvalue weighted by Crippen LogP contribution is 2.48. The number of carbonyl (C=O) groups excluding carboxylic acids is 3. The molecule has 5 aliphatic rings. The molecule has 1 aliphatic carbocycles. The topological polar surface area (TPSA) is 153 Å². The van der Waals surface area contributed by atoms with E-state index in [1.54, 1.807) is 0 Å². The summed E-state index contributed by atoms with van der Waals surface area (Å²) >= 11 is 0. The molecule has 1 spiro atoms. The van der Waals surface area contributed by atoms with Crippen LogP contribution in [0.1, 0.15) is 106 Å². The minimum absolute atomic E-state index is 0.0400. The molecular weight excluding hydrogens is 753 g/mol. The van der Waals surface area contributed by atoms with Gasteiger partial charge in [-0.3, -0.25) is 14.4 Å². The zero-order valence-corrected chi connectivity index (χ0v) is 34.0. The molecule has 0 radical (unpaired) electrons. The van der Waals surface area contributed by atoms with Crippen LogP contribution < -0.4 is 21.7 Å². The Morgan fingerprint density at radius 3 is 2.32 bits per heavy atom. The summed E-state index contributed by atoms with van der Waals surface area (Å²) in [4.78, 5) is 49.4. The van der Waals surface area contributed by atoms with Gasteiger partial charge in [-0.2, -0.15) is 0 Å². The summed E-state index contributed by atoms with van der Waals surface area (Å²) < 4.78 is 19.1. The van der Waals surface area contributed by atoms with Crippen LogP contribution in [0.2, 0.25) is 0 Å². The van der Waals surface area contributed by atoms with Crippen molar-refractivity contribution < 1.29 is 28.4 Å². The zero-order chi connectivity index (χ0) is 41.0. The third-order valence-electron chi connectivity index (χ3n) is 14.2. The Kier molecular flexibility index (Phi) is 10.0. The number of H-pyrrole nitrogens is 1. The zero-order valence-electron chi connectivity index (χ0n) is 34.0. The number of aromatic nitrogens is 1. The first-order valence-electron chi connectivity index (χ1n) is 21.7. The van der Waals surface area contributed by atoms with E-state index >= 15 is 0 Å². The van der Waals surface area contributed by atoms with Crippen molar-refractivity contribution in [1.29, 1.82) is 0 Å². The van der Waals surface area contributed by atoms with Crippen molar-refractivity contribution in [2.75, 3.05) is 32.8 Å². The first-order chi connectivity index (χ1) is 29.3. The Morgan fingerprint density at radius 1 is 0.783 bits per heavy atom. The number of ether oxygens (including phenoxy) is 1. The molecule has 11 nitrogen and oxygen atoms in total. The molecule has 12 heteroatoms. The number of rotatable bonds is 8. The second kappa shape index (κ2) is 15.6. The number of nitrogens with zero attached hydrogens (tertiary/aromatic N) is 2. The van der Waals surface area contributed by atoms with Crippen LogP contribution in [0, 0.1) is 5.92 Å². The van der Waals surface area contributed by atoms with Crippen LogP contribution in [0.5, 0.6) is 5.75 Å². The number of nitrogens with two attached hydrogens (primary N) is 2. The molecule has 1 saturated carbocycles.